The van der Waals surface area contributed by atoms with Crippen LogP contribution in [0.5, 0.6) is 0 Å². The van der Waals surface area contributed by atoms with Gasteiger partial charge in [-0.1, -0.05) is 22.9 Å². The van der Waals surface area contributed by atoms with Crippen molar-refractivity contribution in [1.82, 2.24) is 0 Å². The Morgan fingerprint density at radius 1 is 1.33 bits per heavy atom. The summed E-state index contributed by atoms with van der Waals surface area (Å²) < 4.78 is 10.8. The van der Waals surface area contributed by atoms with Crippen molar-refractivity contribution in [3.63, 3.8) is 0 Å². The number of alkyl halides is 1. The summed E-state index contributed by atoms with van der Waals surface area (Å²) in [5, 5.41) is 0. The van der Waals surface area contributed by atoms with Crippen LogP contribution < -0.4 is 0 Å². The molecule has 9 heavy (non-hydrogen) atoms. The minimum Gasteiger partial charge on any atom is -0.397 e. The topological polar surface area (TPSA) is 18.5 Å². The van der Waals surface area contributed by atoms with Gasteiger partial charge in [0.05, 0.1) is 4.45 Å². The van der Waals surface area contributed by atoms with Crippen LogP contribution in [0.3, 0.4) is 0 Å². The van der Waals surface area contributed by atoms with Crippen LogP contribution in [0.2, 0.25) is 6.55 Å². The maximum absolute atomic E-state index is 5.22. The van der Waals surface area contributed by atoms with Crippen molar-refractivity contribution < 1.29 is 8.85 Å². The van der Waals surface area contributed by atoms with Crippen molar-refractivity contribution in [2.45, 2.75) is 17.9 Å². The molecule has 0 heterocycles. The van der Waals surface area contributed by atoms with E-state index in [-0.39, 0.29) is 0 Å². The summed E-state index contributed by atoms with van der Waals surface area (Å²) >= 11 is 3.43. The molecule has 0 bridgehead atoms. The molecule has 0 aromatic heterocycles. The molecule has 0 amide bonds. The van der Waals surface area contributed by atoms with Gasteiger partial charge in [0, 0.05) is 14.2 Å². The van der Waals surface area contributed by atoms with Gasteiger partial charge in [-0.15, -0.1) is 0 Å². The van der Waals surface area contributed by atoms with E-state index < -0.39 is 8.56 Å². The molecule has 1 unspecified atom stereocenters. The lowest BCUT2D eigenvalue weighted by atomic mass is 11.0. The maximum atomic E-state index is 5.22. The van der Waals surface area contributed by atoms with Gasteiger partial charge in [-0.05, 0) is 6.55 Å². The SMILES string of the molecule is CO[Si](C)(OC)C(C)Br. The third-order valence-corrected chi connectivity index (χ3v) is 7.09. The van der Waals surface area contributed by atoms with E-state index in [1.165, 1.54) is 0 Å². The van der Waals surface area contributed by atoms with Gasteiger partial charge >= 0.3 is 8.56 Å². The fourth-order valence-electron chi connectivity index (χ4n) is 0.408. The number of hydrogen-bond donors (Lipinski definition) is 0. The van der Waals surface area contributed by atoms with Crippen LogP contribution in [0.4, 0.5) is 0 Å². The average Bonchev–Trinajstić information content (AvgIpc) is 1.86. The number of halogens is 1. The molecule has 0 aromatic carbocycles. The first-order chi connectivity index (χ1) is 4.06. The van der Waals surface area contributed by atoms with Gasteiger partial charge in [-0.3, -0.25) is 0 Å². The third kappa shape index (κ3) is 2.37. The molecular formula is C5H13BrO2Si. The lowest BCUT2D eigenvalue weighted by molar-refractivity contribution is 0.250. The number of rotatable bonds is 3. The Bertz CT molecular complexity index is 83.0. The maximum Gasteiger partial charge on any atom is 0.348 e. The molecule has 0 rings (SSSR count). The van der Waals surface area contributed by atoms with E-state index in [1.807, 2.05) is 13.5 Å². The Labute approximate surface area is 65.9 Å². The molecule has 0 aromatic rings. The van der Waals surface area contributed by atoms with Crippen molar-refractivity contribution in [2.75, 3.05) is 14.2 Å². The van der Waals surface area contributed by atoms with E-state index in [2.05, 4.69) is 15.9 Å². The molecule has 2 nitrogen and oxygen atoms in total. The van der Waals surface area contributed by atoms with Crippen LogP contribution in [0.25, 0.3) is 0 Å². The highest BCUT2D eigenvalue weighted by atomic mass is 79.9. The van der Waals surface area contributed by atoms with Crippen molar-refractivity contribution in [2.24, 2.45) is 0 Å². The highest BCUT2D eigenvalue weighted by molar-refractivity contribution is 9.10. The van der Waals surface area contributed by atoms with Crippen LogP contribution in [0, 0.1) is 0 Å². The second-order valence-corrected chi connectivity index (χ2v) is 7.97. The van der Waals surface area contributed by atoms with Gasteiger partial charge in [0.1, 0.15) is 0 Å². The zero-order chi connectivity index (χ0) is 7.49. The molecule has 0 spiro atoms. The second-order valence-electron chi connectivity index (χ2n) is 2.04. The zero-order valence-corrected chi connectivity index (χ0v) is 8.86. The highest BCUT2D eigenvalue weighted by Gasteiger charge is 2.34. The van der Waals surface area contributed by atoms with Crippen LogP contribution in [-0.4, -0.2) is 27.2 Å². The second kappa shape index (κ2) is 3.70. The molecule has 0 N–H and O–H groups in total. The summed E-state index contributed by atoms with van der Waals surface area (Å²) in [6, 6.07) is 0. The Morgan fingerprint density at radius 2 is 1.67 bits per heavy atom. The summed E-state index contributed by atoms with van der Waals surface area (Å²) in [6.45, 7) is 4.06. The first-order valence-corrected chi connectivity index (χ1v) is 6.12. The van der Waals surface area contributed by atoms with Gasteiger partial charge in [-0.2, -0.15) is 0 Å². The lowest BCUT2D eigenvalue weighted by Gasteiger charge is -2.24. The van der Waals surface area contributed by atoms with E-state index >= 15 is 0 Å². The first-order valence-electron chi connectivity index (χ1n) is 2.81. The molecule has 0 saturated carbocycles. The summed E-state index contributed by atoms with van der Waals surface area (Å²) in [7, 11) is 1.52. The minimum atomic E-state index is -1.86. The third-order valence-electron chi connectivity index (χ3n) is 1.53. The van der Waals surface area contributed by atoms with Crippen LogP contribution in [0.1, 0.15) is 6.92 Å². The molecular weight excluding hydrogens is 200 g/mol. The Kier molecular flexibility index (Phi) is 3.96. The van der Waals surface area contributed by atoms with Gasteiger partial charge in [0.2, 0.25) is 0 Å². The monoisotopic (exact) mass is 212 g/mol. The molecule has 1 atom stereocenters. The predicted octanol–water partition coefficient (Wildman–Crippen LogP) is 1.67. The van der Waals surface area contributed by atoms with Crippen molar-refractivity contribution in [3.05, 3.63) is 0 Å². The summed E-state index contributed by atoms with van der Waals surface area (Å²) in [4.78, 5) is 0. The van der Waals surface area contributed by atoms with E-state index in [4.69, 9.17) is 8.85 Å². The van der Waals surface area contributed by atoms with E-state index in [0.29, 0.717) is 4.45 Å². The Hall–Kier alpha value is 0.617. The summed E-state index contributed by atoms with van der Waals surface area (Å²) in [6.07, 6.45) is 0. The zero-order valence-electron chi connectivity index (χ0n) is 6.27. The summed E-state index contributed by atoms with van der Waals surface area (Å²) in [5.74, 6) is 0. The van der Waals surface area contributed by atoms with Gasteiger partial charge in [0.15, 0.2) is 0 Å². The quantitative estimate of drug-likeness (QED) is 0.524. The van der Waals surface area contributed by atoms with Gasteiger partial charge < -0.3 is 8.85 Å². The van der Waals surface area contributed by atoms with Gasteiger partial charge in [0.25, 0.3) is 0 Å². The Balaban J connectivity index is 3.92. The van der Waals surface area contributed by atoms with E-state index in [0.717, 1.165) is 0 Å². The van der Waals surface area contributed by atoms with Crippen molar-refractivity contribution in [1.29, 1.82) is 0 Å². The molecule has 0 aliphatic heterocycles. The first kappa shape index (κ1) is 9.62. The molecule has 4 heteroatoms. The van der Waals surface area contributed by atoms with Crippen molar-refractivity contribution in [3.8, 4) is 0 Å². The van der Waals surface area contributed by atoms with Crippen LogP contribution in [0.15, 0.2) is 0 Å². The average molecular weight is 213 g/mol. The standard InChI is InChI=1S/C5H13BrO2Si/c1-5(6)9(4,7-2)8-3/h5H,1-4H3. The smallest absolute Gasteiger partial charge is 0.348 e. The summed E-state index contributed by atoms with van der Waals surface area (Å²) in [5.41, 5.74) is 0. The Morgan fingerprint density at radius 3 is 1.67 bits per heavy atom. The van der Waals surface area contributed by atoms with Gasteiger partial charge in [-0.25, -0.2) is 0 Å². The molecule has 0 saturated heterocycles. The van der Waals surface area contributed by atoms with Crippen LogP contribution in [-0.2, 0) is 8.85 Å². The minimum absolute atomic E-state index is 0.333. The normalized spacial score (nSPS) is 15.7. The largest absolute Gasteiger partial charge is 0.397 e. The molecule has 0 radical (unpaired) electrons. The molecule has 0 aliphatic rings. The predicted molar refractivity (Wildman–Crippen MR) is 44.0 cm³/mol. The molecule has 56 valence electrons. The van der Waals surface area contributed by atoms with E-state index in [1.54, 1.807) is 14.2 Å². The van der Waals surface area contributed by atoms with Crippen molar-refractivity contribution >= 4 is 24.5 Å². The number of hydrogen-bond acceptors (Lipinski definition) is 2. The lowest BCUT2D eigenvalue weighted by Crippen LogP contribution is -2.44. The van der Waals surface area contributed by atoms with E-state index in [9.17, 15) is 0 Å². The molecule has 0 fully saturated rings. The fourth-order valence-corrected chi connectivity index (χ4v) is 2.35. The highest BCUT2D eigenvalue weighted by Crippen LogP contribution is 2.16. The molecule has 0 aliphatic carbocycles. The fraction of sp³-hybridized carbons (Fsp3) is 1.00. The van der Waals surface area contributed by atoms with Crippen LogP contribution >= 0.6 is 15.9 Å².